The van der Waals surface area contributed by atoms with Crippen molar-refractivity contribution in [3.05, 3.63) is 60.3 Å². The van der Waals surface area contributed by atoms with Gasteiger partial charge >= 0.3 is 0 Å². The van der Waals surface area contributed by atoms with Crippen molar-refractivity contribution in [1.29, 1.82) is 0 Å². The van der Waals surface area contributed by atoms with Crippen LogP contribution in [-0.2, 0) is 4.74 Å². The fraction of sp³-hybridized carbons (Fsp3) is 0.211. The number of carbonyl (C=O) groups is 1. The van der Waals surface area contributed by atoms with Crippen molar-refractivity contribution < 1.29 is 9.53 Å². The Hall–Kier alpha value is -2.59. The summed E-state index contributed by atoms with van der Waals surface area (Å²) in [6.45, 7) is 3.27. The smallest absolute Gasteiger partial charge is 0.152 e. The van der Waals surface area contributed by atoms with Gasteiger partial charge in [0.15, 0.2) is 6.29 Å². The second kappa shape index (κ2) is 5.89. The predicted molar refractivity (Wildman–Crippen MR) is 91.7 cm³/mol. The maximum atomic E-state index is 11.4. The number of benzene rings is 2. The van der Waals surface area contributed by atoms with Crippen molar-refractivity contribution in [3.8, 4) is 5.69 Å². The molecule has 3 aromatic rings. The Morgan fingerprint density at radius 1 is 0.913 bits per heavy atom. The minimum Gasteiger partial charge on any atom is -0.378 e. The summed E-state index contributed by atoms with van der Waals surface area (Å²) in [5.41, 5.74) is 4.04. The van der Waals surface area contributed by atoms with Gasteiger partial charge < -0.3 is 14.2 Å². The lowest BCUT2D eigenvalue weighted by Crippen LogP contribution is -2.36. The molecule has 0 unspecified atom stereocenters. The minimum atomic E-state index is 0.720. The lowest BCUT2D eigenvalue weighted by atomic mass is 10.2. The molecule has 0 atom stereocenters. The first kappa shape index (κ1) is 14.0. The lowest BCUT2D eigenvalue weighted by molar-refractivity contribution is 0.112. The molecule has 0 N–H and O–H groups in total. The van der Waals surface area contributed by atoms with Crippen LogP contribution in [0.25, 0.3) is 16.6 Å². The van der Waals surface area contributed by atoms with Crippen molar-refractivity contribution in [1.82, 2.24) is 4.57 Å². The molecule has 0 amide bonds. The van der Waals surface area contributed by atoms with Gasteiger partial charge in [-0.1, -0.05) is 30.3 Å². The normalized spacial score (nSPS) is 15.0. The molecule has 4 heteroatoms. The number of hydrogen-bond acceptors (Lipinski definition) is 3. The molecule has 0 saturated carbocycles. The van der Waals surface area contributed by atoms with E-state index in [9.17, 15) is 4.79 Å². The van der Waals surface area contributed by atoms with Gasteiger partial charge in [-0.3, -0.25) is 4.79 Å². The lowest BCUT2D eigenvalue weighted by Gasteiger charge is -2.30. The fourth-order valence-corrected chi connectivity index (χ4v) is 3.24. The molecule has 0 bridgehead atoms. The van der Waals surface area contributed by atoms with Gasteiger partial charge in [-0.25, -0.2) is 0 Å². The Morgan fingerprint density at radius 3 is 2.39 bits per heavy atom. The molecule has 4 rings (SSSR count). The van der Waals surface area contributed by atoms with Gasteiger partial charge in [0.2, 0.25) is 0 Å². The molecular weight excluding hydrogens is 288 g/mol. The topological polar surface area (TPSA) is 34.5 Å². The van der Waals surface area contributed by atoms with E-state index in [-0.39, 0.29) is 0 Å². The van der Waals surface area contributed by atoms with Gasteiger partial charge in [0, 0.05) is 30.2 Å². The monoisotopic (exact) mass is 306 g/mol. The van der Waals surface area contributed by atoms with Gasteiger partial charge in [0.25, 0.3) is 0 Å². The van der Waals surface area contributed by atoms with Gasteiger partial charge in [-0.15, -0.1) is 0 Å². The molecule has 1 aromatic heterocycles. The van der Waals surface area contributed by atoms with E-state index in [0.717, 1.165) is 54.7 Å². The average molecular weight is 306 g/mol. The number of morpholine rings is 1. The molecule has 4 nitrogen and oxygen atoms in total. The summed E-state index contributed by atoms with van der Waals surface area (Å²) < 4.78 is 7.58. The van der Waals surface area contributed by atoms with Gasteiger partial charge in [0.05, 0.1) is 30.1 Å². The highest BCUT2D eigenvalue weighted by Crippen LogP contribution is 2.30. The predicted octanol–water partition coefficient (Wildman–Crippen LogP) is 3.28. The first-order valence-corrected chi connectivity index (χ1v) is 7.86. The Bertz CT molecular complexity index is 847. The average Bonchev–Trinajstić information content (AvgIpc) is 3.01. The van der Waals surface area contributed by atoms with Crippen molar-refractivity contribution in [2.45, 2.75) is 0 Å². The van der Waals surface area contributed by atoms with Crippen LogP contribution in [-0.4, -0.2) is 37.2 Å². The number of para-hydroxylation sites is 3. The zero-order valence-corrected chi connectivity index (χ0v) is 12.8. The number of hydrogen-bond donors (Lipinski definition) is 0. The molecule has 116 valence electrons. The van der Waals surface area contributed by atoms with Crippen molar-refractivity contribution in [2.24, 2.45) is 0 Å². The molecule has 2 heterocycles. The van der Waals surface area contributed by atoms with Crippen LogP contribution in [0.3, 0.4) is 0 Å². The number of ether oxygens (including phenoxy) is 1. The molecule has 1 aliphatic rings. The van der Waals surface area contributed by atoms with E-state index in [1.165, 1.54) is 5.69 Å². The molecule has 2 aromatic carbocycles. The summed E-state index contributed by atoms with van der Waals surface area (Å²) in [6, 6.07) is 16.3. The van der Waals surface area contributed by atoms with E-state index >= 15 is 0 Å². The van der Waals surface area contributed by atoms with Crippen LogP contribution in [0.4, 0.5) is 5.69 Å². The summed E-state index contributed by atoms with van der Waals surface area (Å²) in [4.78, 5) is 13.8. The van der Waals surface area contributed by atoms with Gasteiger partial charge in [0.1, 0.15) is 0 Å². The fourth-order valence-electron chi connectivity index (χ4n) is 3.24. The minimum absolute atomic E-state index is 0.720. The number of nitrogens with zero attached hydrogens (tertiary/aromatic N) is 2. The summed E-state index contributed by atoms with van der Waals surface area (Å²) in [5, 5.41) is 0.985. The summed E-state index contributed by atoms with van der Waals surface area (Å²) in [7, 11) is 0. The molecule has 0 radical (unpaired) electrons. The van der Waals surface area contributed by atoms with E-state index in [1.54, 1.807) is 0 Å². The van der Waals surface area contributed by atoms with E-state index in [1.807, 2.05) is 30.5 Å². The van der Waals surface area contributed by atoms with Crippen LogP contribution in [0, 0.1) is 0 Å². The molecule has 1 saturated heterocycles. The summed E-state index contributed by atoms with van der Waals surface area (Å²) in [5.74, 6) is 0. The van der Waals surface area contributed by atoms with E-state index in [4.69, 9.17) is 4.74 Å². The number of rotatable bonds is 3. The van der Waals surface area contributed by atoms with Crippen molar-refractivity contribution in [2.75, 3.05) is 31.2 Å². The highest BCUT2D eigenvalue weighted by molar-refractivity contribution is 5.98. The maximum Gasteiger partial charge on any atom is 0.152 e. The standard InChI is InChI=1S/C19H18N2O2/c22-14-15-13-21(17-6-2-1-5-16(15)17)19-8-4-3-7-18(19)20-9-11-23-12-10-20/h1-8,13-14H,9-12H2. The second-order valence-corrected chi connectivity index (χ2v) is 5.68. The summed E-state index contributed by atoms with van der Waals surface area (Å²) >= 11 is 0. The molecule has 1 aliphatic heterocycles. The molecule has 1 fully saturated rings. The molecule has 23 heavy (non-hydrogen) atoms. The zero-order valence-electron chi connectivity index (χ0n) is 12.8. The van der Waals surface area contributed by atoms with E-state index in [0.29, 0.717) is 0 Å². The van der Waals surface area contributed by atoms with Crippen LogP contribution < -0.4 is 4.90 Å². The summed E-state index contributed by atoms with van der Waals surface area (Å²) in [6.07, 6.45) is 2.85. The SMILES string of the molecule is O=Cc1cn(-c2ccccc2N2CCOCC2)c2ccccc12. The Kier molecular flexibility index (Phi) is 3.60. The molecular formula is C19H18N2O2. The highest BCUT2D eigenvalue weighted by atomic mass is 16.5. The zero-order chi connectivity index (χ0) is 15.6. The Balaban J connectivity index is 1.90. The Labute approximate surface area is 134 Å². The third-order valence-electron chi connectivity index (χ3n) is 4.36. The van der Waals surface area contributed by atoms with Crippen molar-refractivity contribution in [3.63, 3.8) is 0 Å². The Morgan fingerprint density at radius 2 is 1.61 bits per heavy atom. The van der Waals surface area contributed by atoms with Crippen LogP contribution in [0.15, 0.2) is 54.7 Å². The van der Waals surface area contributed by atoms with Gasteiger partial charge in [-0.05, 0) is 18.2 Å². The second-order valence-electron chi connectivity index (χ2n) is 5.68. The number of aldehydes is 1. The third-order valence-corrected chi connectivity index (χ3v) is 4.36. The van der Waals surface area contributed by atoms with Gasteiger partial charge in [-0.2, -0.15) is 0 Å². The number of aromatic nitrogens is 1. The van der Waals surface area contributed by atoms with E-state index < -0.39 is 0 Å². The quantitative estimate of drug-likeness (QED) is 0.697. The van der Waals surface area contributed by atoms with Crippen molar-refractivity contribution >= 4 is 22.9 Å². The van der Waals surface area contributed by atoms with E-state index in [2.05, 4.69) is 33.7 Å². The number of carbonyl (C=O) groups excluding carboxylic acids is 1. The number of fused-ring (bicyclic) bond motifs is 1. The van der Waals surface area contributed by atoms with Crippen LogP contribution in [0.1, 0.15) is 10.4 Å². The van der Waals surface area contributed by atoms with Crippen LogP contribution >= 0.6 is 0 Å². The molecule has 0 spiro atoms. The first-order valence-electron chi connectivity index (χ1n) is 7.86. The number of anilines is 1. The molecule has 0 aliphatic carbocycles. The maximum absolute atomic E-state index is 11.4. The van der Waals surface area contributed by atoms with Crippen LogP contribution in [0.5, 0.6) is 0 Å². The third kappa shape index (κ3) is 2.41. The largest absolute Gasteiger partial charge is 0.378 e. The first-order chi connectivity index (χ1) is 11.4. The highest BCUT2D eigenvalue weighted by Gasteiger charge is 2.17. The van der Waals surface area contributed by atoms with Crippen LogP contribution in [0.2, 0.25) is 0 Å².